The lowest BCUT2D eigenvalue weighted by Gasteiger charge is -2.11. The minimum atomic E-state index is -0.206. The Balaban J connectivity index is 1.69. The third-order valence-corrected chi connectivity index (χ3v) is 3.59. The predicted molar refractivity (Wildman–Crippen MR) is 96.0 cm³/mol. The summed E-state index contributed by atoms with van der Waals surface area (Å²) in [7, 11) is 1.63. The van der Waals surface area contributed by atoms with E-state index >= 15 is 0 Å². The van der Waals surface area contributed by atoms with Crippen molar-refractivity contribution in [2.24, 2.45) is 0 Å². The molecule has 1 aromatic heterocycles. The zero-order valence-electron chi connectivity index (χ0n) is 13.8. The lowest BCUT2D eigenvalue weighted by molar-refractivity contribution is 0.102. The van der Waals surface area contributed by atoms with Crippen molar-refractivity contribution in [3.8, 4) is 11.6 Å². The van der Waals surface area contributed by atoms with E-state index in [0.29, 0.717) is 23.7 Å². The van der Waals surface area contributed by atoms with E-state index in [1.807, 2.05) is 42.5 Å². The van der Waals surface area contributed by atoms with E-state index in [0.717, 1.165) is 11.3 Å². The molecule has 3 aromatic rings. The highest BCUT2D eigenvalue weighted by molar-refractivity contribution is 6.04. The molecule has 126 valence electrons. The second-order valence-corrected chi connectivity index (χ2v) is 5.31. The Morgan fingerprint density at radius 3 is 2.48 bits per heavy atom. The Morgan fingerprint density at radius 1 is 1.00 bits per heavy atom. The lowest BCUT2D eigenvalue weighted by Crippen LogP contribution is -2.13. The van der Waals surface area contributed by atoms with E-state index < -0.39 is 0 Å². The third-order valence-electron chi connectivity index (χ3n) is 3.59. The predicted octanol–water partition coefficient (Wildman–Crippen LogP) is 3.92. The second kappa shape index (κ2) is 7.97. The van der Waals surface area contributed by atoms with Crippen LogP contribution in [-0.2, 0) is 6.61 Å². The molecule has 0 radical (unpaired) electrons. The van der Waals surface area contributed by atoms with Crippen LogP contribution in [0.5, 0.6) is 11.6 Å². The average Bonchev–Trinajstić information content (AvgIpc) is 2.68. The molecular weight excluding hydrogens is 316 g/mol. The van der Waals surface area contributed by atoms with Crippen LogP contribution in [0.25, 0.3) is 0 Å². The van der Waals surface area contributed by atoms with Gasteiger partial charge in [-0.3, -0.25) is 4.79 Å². The first kappa shape index (κ1) is 16.5. The fourth-order valence-corrected chi connectivity index (χ4v) is 2.26. The van der Waals surface area contributed by atoms with E-state index in [9.17, 15) is 4.79 Å². The molecule has 0 aliphatic carbocycles. The number of carbonyl (C=O) groups excluding carboxylic acids is 1. The van der Waals surface area contributed by atoms with Crippen molar-refractivity contribution >= 4 is 11.6 Å². The number of aromatic nitrogens is 1. The Morgan fingerprint density at radius 2 is 1.76 bits per heavy atom. The molecule has 25 heavy (non-hydrogen) atoms. The minimum Gasteiger partial charge on any atom is -0.497 e. The molecule has 0 aliphatic rings. The zero-order chi connectivity index (χ0) is 17.5. The Hall–Kier alpha value is -3.34. The summed E-state index contributed by atoms with van der Waals surface area (Å²) in [5.41, 5.74) is 2.09. The van der Waals surface area contributed by atoms with Gasteiger partial charge in [-0.05, 0) is 42.0 Å². The molecule has 3 rings (SSSR count). The van der Waals surface area contributed by atoms with Gasteiger partial charge in [0.1, 0.15) is 18.0 Å². The van der Waals surface area contributed by atoms with Crippen LogP contribution < -0.4 is 14.8 Å². The summed E-state index contributed by atoms with van der Waals surface area (Å²) >= 11 is 0. The van der Waals surface area contributed by atoms with Gasteiger partial charge in [0.25, 0.3) is 5.91 Å². The number of nitrogens with zero attached hydrogens (tertiary/aromatic N) is 1. The minimum absolute atomic E-state index is 0.206. The zero-order valence-corrected chi connectivity index (χ0v) is 13.8. The van der Waals surface area contributed by atoms with E-state index in [1.165, 1.54) is 0 Å². The lowest BCUT2D eigenvalue weighted by atomic mass is 10.2. The largest absolute Gasteiger partial charge is 0.497 e. The summed E-state index contributed by atoms with van der Waals surface area (Å²) in [4.78, 5) is 16.5. The SMILES string of the molecule is COc1ccc(COc2ncccc2NC(=O)c2ccccc2)cc1. The van der Waals surface area contributed by atoms with Crippen molar-refractivity contribution < 1.29 is 14.3 Å². The van der Waals surface area contributed by atoms with Crippen molar-refractivity contribution in [2.75, 3.05) is 12.4 Å². The summed E-state index contributed by atoms with van der Waals surface area (Å²) in [6.45, 7) is 0.342. The van der Waals surface area contributed by atoms with E-state index in [2.05, 4.69) is 10.3 Å². The van der Waals surface area contributed by atoms with Crippen LogP contribution >= 0.6 is 0 Å². The monoisotopic (exact) mass is 334 g/mol. The highest BCUT2D eigenvalue weighted by Crippen LogP contribution is 2.23. The number of ether oxygens (including phenoxy) is 2. The summed E-state index contributed by atoms with van der Waals surface area (Å²) in [5, 5.41) is 2.83. The van der Waals surface area contributed by atoms with Gasteiger partial charge in [-0.1, -0.05) is 30.3 Å². The summed E-state index contributed by atoms with van der Waals surface area (Å²) in [6, 6.07) is 20.1. The Kier molecular flexibility index (Phi) is 5.26. The number of amides is 1. The number of carbonyl (C=O) groups is 1. The van der Waals surface area contributed by atoms with Gasteiger partial charge in [0, 0.05) is 11.8 Å². The molecule has 1 N–H and O–H groups in total. The van der Waals surface area contributed by atoms with Gasteiger partial charge < -0.3 is 14.8 Å². The van der Waals surface area contributed by atoms with E-state index in [1.54, 1.807) is 37.6 Å². The number of methoxy groups -OCH3 is 1. The molecular formula is C20H18N2O3. The first-order valence-electron chi connectivity index (χ1n) is 7.83. The topological polar surface area (TPSA) is 60.5 Å². The second-order valence-electron chi connectivity index (χ2n) is 5.31. The number of pyridine rings is 1. The van der Waals surface area contributed by atoms with Crippen LogP contribution in [0, 0.1) is 0 Å². The van der Waals surface area contributed by atoms with Gasteiger partial charge in [0.2, 0.25) is 5.88 Å². The van der Waals surface area contributed by atoms with Crippen LogP contribution in [0.4, 0.5) is 5.69 Å². The molecule has 0 fully saturated rings. The molecule has 1 heterocycles. The quantitative estimate of drug-likeness (QED) is 0.742. The maximum atomic E-state index is 12.3. The van der Waals surface area contributed by atoms with Crippen molar-refractivity contribution in [1.29, 1.82) is 0 Å². The fraction of sp³-hybridized carbons (Fsp3) is 0.100. The van der Waals surface area contributed by atoms with Crippen molar-refractivity contribution in [3.63, 3.8) is 0 Å². The summed E-state index contributed by atoms with van der Waals surface area (Å²) in [6.07, 6.45) is 1.63. The Labute approximate surface area is 146 Å². The van der Waals surface area contributed by atoms with Crippen LogP contribution in [-0.4, -0.2) is 18.0 Å². The highest BCUT2D eigenvalue weighted by Gasteiger charge is 2.10. The van der Waals surface area contributed by atoms with Gasteiger partial charge >= 0.3 is 0 Å². The van der Waals surface area contributed by atoms with Gasteiger partial charge in [0.15, 0.2) is 0 Å². The molecule has 1 amide bonds. The van der Waals surface area contributed by atoms with Crippen LogP contribution in [0.1, 0.15) is 15.9 Å². The summed E-state index contributed by atoms with van der Waals surface area (Å²) < 4.78 is 10.9. The van der Waals surface area contributed by atoms with Gasteiger partial charge in [-0.2, -0.15) is 0 Å². The van der Waals surface area contributed by atoms with Gasteiger partial charge in [-0.25, -0.2) is 4.98 Å². The highest BCUT2D eigenvalue weighted by atomic mass is 16.5. The fourth-order valence-electron chi connectivity index (χ4n) is 2.26. The molecule has 0 saturated heterocycles. The number of anilines is 1. The van der Waals surface area contributed by atoms with Crippen molar-refractivity contribution in [1.82, 2.24) is 4.98 Å². The van der Waals surface area contributed by atoms with E-state index in [-0.39, 0.29) is 5.91 Å². The van der Waals surface area contributed by atoms with Gasteiger partial charge in [-0.15, -0.1) is 0 Å². The molecule has 0 aliphatic heterocycles. The maximum Gasteiger partial charge on any atom is 0.255 e. The average molecular weight is 334 g/mol. The maximum absolute atomic E-state index is 12.3. The number of hydrogen-bond acceptors (Lipinski definition) is 4. The van der Waals surface area contributed by atoms with E-state index in [4.69, 9.17) is 9.47 Å². The number of nitrogens with one attached hydrogen (secondary N) is 1. The molecule has 2 aromatic carbocycles. The van der Waals surface area contributed by atoms with Crippen LogP contribution in [0.3, 0.4) is 0 Å². The van der Waals surface area contributed by atoms with Crippen LogP contribution in [0.15, 0.2) is 72.9 Å². The molecule has 0 bridgehead atoms. The molecule has 0 spiro atoms. The van der Waals surface area contributed by atoms with Crippen LogP contribution in [0.2, 0.25) is 0 Å². The smallest absolute Gasteiger partial charge is 0.255 e. The molecule has 5 nitrogen and oxygen atoms in total. The molecule has 0 saturated carbocycles. The normalized spacial score (nSPS) is 10.1. The number of benzene rings is 2. The number of hydrogen-bond donors (Lipinski definition) is 1. The standard InChI is InChI=1S/C20H18N2O3/c1-24-17-11-9-15(10-12-17)14-25-20-18(8-5-13-21-20)22-19(23)16-6-3-2-4-7-16/h2-13H,14H2,1H3,(H,22,23). The third kappa shape index (κ3) is 4.35. The molecule has 5 heteroatoms. The Bertz CT molecular complexity index is 833. The summed E-state index contributed by atoms with van der Waals surface area (Å²) in [5.74, 6) is 0.961. The van der Waals surface area contributed by atoms with Gasteiger partial charge in [0.05, 0.1) is 7.11 Å². The van der Waals surface area contributed by atoms with Crippen molar-refractivity contribution in [3.05, 3.63) is 84.1 Å². The number of rotatable bonds is 6. The first-order valence-corrected chi connectivity index (χ1v) is 7.83. The first-order chi connectivity index (χ1) is 12.3. The van der Waals surface area contributed by atoms with Crippen molar-refractivity contribution in [2.45, 2.75) is 6.61 Å². The molecule has 0 unspecified atom stereocenters. The molecule has 0 atom stereocenters.